The van der Waals surface area contributed by atoms with Crippen LogP contribution in [0.1, 0.15) is 53.4 Å². The maximum absolute atomic E-state index is 4.59. The van der Waals surface area contributed by atoms with Gasteiger partial charge in [-0.2, -0.15) is 0 Å². The Bertz CT molecular complexity index is 397. The average molecular weight is 296 g/mol. The van der Waals surface area contributed by atoms with E-state index in [2.05, 4.69) is 48.3 Å². The quantitative estimate of drug-likeness (QED) is 0.522. The van der Waals surface area contributed by atoms with Gasteiger partial charge >= 0.3 is 0 Å². The van der Waals surface area contributed by atoms with Crippen LogP contribution in [0.15, 0.2) is 11.2 Å². The Morgan fingerprint density at radius 3 is 2.15 bits per heavy atom. The Kier molecular flexibility index (Phi) is 7.13. The number of anilines is 2. The van der Waals surface area contributed by atoms with E-state index in [9.17, 15) is 0 Å². The smallest absolute Gasteiger partial charge is 0.191 e. The zero-order chi connectivity index (χ0) is 15.0. The van der Waals surface area contributed by atoms with Crippen molar-refractivity contribution in [1.82, 2.24) is 9.97 Å². The van der Waals surface area contributed by atoms with E-state index in [4.69, 9.17) is 0 Å². The maximum Gasteiger partial charge on any atom is 0.191 e. The van der Waals surface area contributed by atoms with Gasteiger partial charge in [0, 0.05) is 18.2 Å². The third kappa shape index (κ3) is 4.54. The molecule has 1 aromatic rings. The van der Waals surface area contributed by atoms with Crippen LogP contribution in [0.5, 0.6) is 0 Å². The first kappa shape index (κ1) is 17.1. The van der Waals surface area contributed by atoms with Crippen molar-refractivity contribution in [1.29, 1.82) is 0 Å². The van der Waals surface area contributed by atoms with E-state index >= 15 is 0 Å². The number of hydrogen-bond acceptors (Lipinski definition) is 5. The van der Waals surface area contributed by atoms with Crippen molar-refractivity contribution in [3.8, 4) is 0 Å². The Morgan fingerprint density at radius 1 is 1.05 bits per heavy atom. The van der Waals surface area contributed by atoms with Crippen molar-refractivity contribution in [2.75, 3.05) is 23.4 Å². The van der Waals surface area contributed by atoms with Gasteiger partial charge in [0.15, 0.2) is 5.16 Å². The van der Waals surface area contributed by atoms with E-state index in [0.717, 1.165) is 49.0 Å². The van der Waals surface area contributed by atoms with Gasteiger partial charge in [-0.05, 0) is 31.9 Å². The van der Waals surface area contributed by atoms with Crippen molar-refractivity contribution in [3.05, 3.63) is 6.07 Å². The van der Waals surface area contributed by atoms with Gasteiger partial charge in [0.2, 0.25) is 0 Å². The molecule has 0 atom stereocenters. The van der Waals surface area contributed by atoms with Gasteiger partial charge in [0.1, 0.15) is 11.6 Å². The molecule has 0 fully saturated rings. The second-order valence-electron chi connectivity index (χ2n) is 5.02. The van der Waals surface area contributed by atoms with E-state index in [1.165, 1.54) is 0 Å². The lowest BCUT2D eigenvalue weighted by Gasteiger charge is -2.32. The highest BCUT2D eigenvalue weighted by molar-refractivity contribution is 7.98. The van der Waals surface area contributed by atoms with Crippen molar-refractivity contribution in [2.24, 2.45) is 0 Å². The molecule has 0 aliphatic heterocycles. The summed E-state index contributed by atoms with van der Waals surface area (Å²) in [6.45, 7) is 9.77. The third-order valence-corrected chi connectivity index (χ3v) is 4.42. The summed E-state index contributed by atoms with van der Waals surface area (Å²) in [4.78, 5) is 9.09. The summed E-state index contributed by atoms with van der Waals surface area (Å²) < 4.78 is 0. The molecule has 0 radical (unpaired) electrons. The lowest BCUT2D eigenvalue weighted by Crippen LogP contribution is -2.36. The predicted molar refractivity (Wildman–Crippen MR) is 89.8 cm³/mol. The van der Waals surface area contributed by atoms with Gasteiger partial charge < -0.3 is 10.6 Å². The first-order valence-electron chi connectivity index (χ1n) is 7.58. The van der Waals surface area contributed by atoms with Crippen LogP contribution >= 0.6 is 11.8 Å². The van der Waals surface area contributed by atoms with Crippen molar-refractivity contribution < 1.29 is 0 Å². The number of thioether (sulfide) groups is 1. The van der Waals surface area contributed by atoms with Crippen LogP contribution in [0.2, 0.25) is 0 Å². The molecule has 0 aromatic carbocycles. The lowest BCUT2D eigenvalue weighted by atomic mass is 9.90. The Labute approximate surface area is 127 Å². The molecular weight excluding hydrogens is 268 g/mol. The highest BCUT2D eigenvalue weighted by Crippen LogP contribution is 2.26. The second-order valence-corrected chi connectivity index (χ2v) is 5.79. The number of hydrogen-bond donors (Lipinski definition) is 2. The van der Waals surface area contributed by atoms with Gasteiger partial charge in [-0.1, -0.05) is 39.5 Å². The largest absolute Gasteiger partial charge is 0.370 e. The van der Waals surface area contributed by atoms with Crippen LogP contribution in [-0.4, -0.2) is 28.3 Å². The molecule has 0 aliphatic carbocycles. The van der Waals surface area contributed by atoms with Gasteiger partial charge in [-0.25, -0.2) is 9.97 Å². The van der Waals surface area contributed by atoms with Crippen molar-refractivity contribution in [2.45, 2.75) is 64.1 Å². The molecule has 4 nitrogen and oxygen atoms in total. The zero-order valence-electron chi connectivity index (χ0n) is 13.4. The normalized spacial score (nSPS) is 11.4. The molecule has 20 heavy (non-hydrogen) atoms. The van der Waals surface area contributed by atoms with E-state index in [-0.39, 0.29) is 5.54 Å². The molecule has 0 amide bonds. The molecule has 1 heterocycles. The first-order valence-corrected chi connectivity index (χ1v) is 8.80. The number of rotatable bonds is 9. The monoisotopic (exact) mass is 296 g/mol. The average Bonchev–Trinajstić information content (AvgIpc) is 2.50. The fourth-order valence-electron chi connectivity index (χ4n) is 2.21. The molecule has 0 unspecified atom stereocenters. The Morgan fingerprint density at radius 2 is 1.65 bits per heavy atom. The minimum absolute atomic E-state index is 0.131. The van der Waals surface area contributed by atoms with Gasteiger partial charge in [0.25, 0.3) is 0 Å². The standard InChI is InChI=1S/C15H28N4S/c1-6-10-16-12-11-13(18-14(17-12)20-5)19-15(7-2,8-3)9-4/h11H,6-10H2,1-5H3,(H2,16,17,18,19). The molecular formula is C15H28N4S. The number of nitrogens with zero attached hydrogens (tertiary/aromatic N) is 2. The molecule has 0 spiro atoms. The molecule has 0 aliphatic rings. The zero-order valence-corrected chi connectivity index (χ0v) is 14.2. The fourth-order valence-corrected chi connectivity index (χ4v) is 2.59. The van der Waals surface area contributed by atoms with Crippen LogP contribution in [0.4, 0.5) is 11.6 Å². The van der Waals surface area contributed by atoms with E-state index < -0.39 is 0 Å². The van der Waals surface area contributed by atoms with E-state index in [0.29, 0.717) is 0 Å². The maximum atomic E-state index is 4.59. The molecule has 0 saturated carbocycles. The molecule has 2 N–H and O–H groups in total. The van der Waals surface area contributed by atoms with Crippen LogP contribution in [-0.2, 0) is 0 Å². The third-order valence-electron chi connectivity index (χ3n) is 3.87. The molecule has 5 heteroatoms. The molecule has 114 valence electrons. The van der Waals surface area contributed by atoms with E-state index in [1.807, 2.05) is 12.3 Å². The number of nitrogens with one attached hydrogen (secondary N) is 2. The van der Waals surface area contributed by atoms with Crippen LogP contribution in [0.25, 0.3) is 0 Å². The van der Waals surface area contributed by atoms with Gasteiger partial charge in [0.05, 0.1) is 0 Å². The van der Waals surface area contributed by atoms with Crippen molar-refractivity contribution in [3.63, 3.8) is 0 Å². The predicted octanol–water partition coefficient (Wildman–Crippen LogP) is 4.40. The van der Waals surface area contributed by atoms with Gasteiger partial charge in [-0.3, -0.25) is 0 Å². The van der Waals surface area contributed by atoms with E-state index in [1.54, 1.807) is 11.8 Å². The summed E-state index contributed by atoms with van der Waals surface area (Å²) in [5.41, 5.74) is 0.131. The molecule has 1 rings (SSSR count). The minimum atomic E-state index is 0.131. The van der Waals surface area contributed by atoms with Crippen LogP contribution < -0.4 is 10.6 Å². The van der Waals surface area contributed by atoms with Gasteiger partial charge in [-0.15, -0.1) is 0 Å². The Balaban J connectivity index is 2.98. The molecule has 0 bridgehead atoms. The topological polar surface area (TPSA) is 49.8 Å². The highest BCUT2D eigenvalue weighted by Gasteiger charge is 2.24. The summed E-state index contributed by atoms with van der Waals surface area (Å²) in [5, 5.41) is 7.78. The minimum Gasteiger partial charge on any atom is -0.370 e. The fraction of sp³-hybridized carbons (Fsp3) is 0.733. The SMILES string of the molecule is CCCNc1cc(NC(CC)(CC)CC)nc(SC)n1. The lowest BCUT2D eigenvalue weighted by molar-refractivity contribution is 0.418. The highest BCUT2D eigenvalue weighted by atomic mass is 32.2. The van der Waals surface area contributed by atoms with Crippen LogP contribution in [0, 0.1) is 0 Å². The number of aromatic nitrogens is 2. The summed E-state index contributed by atoms with van der Waals surface area (Å²) in [7, 11) is 0. The summed E-state index contributed by atoms with van der Waals surface area (Å²) in [6.07, 6.45) is 6.38. The molecule has 0 saturated heterocycles. The summed E-state index contributed by atoms with van der Waals surface area (Å²) in [6, 6.07) is 2.02. The van der Waals surface area contributed by atoms with Crippen molar-refractivity contribution >= 4 is 23.4 Å². The molecule has 1 aromatic heterocycles. The second kappa shape index (κ2) is 8.35. The summed E-state index contributed by atoms with van der Waals surface area (Å²) in [5.74, 6) is 1.83. The van der Waals surface area contributed by atoms with Crippen LogP contribution in [0.3, 0.4) is 0 Å². The summed E-state index contributed by atoms with van der Waals surface area (Å²) >= 11 is 1.58. The Hall–Kier alpha value is -0.970. The first-order chi connectivity index (χ1) is 9.62.